The minimum atomic E-state index is -0.626. The number of benzene rings is 1. The number of rotatable bonds is 9. The minimum absolute atomic E-state index is 0.0350. The Bertz CT molecular complexity index is 695. The molecule has 1 aromatic heterocycles. The Labute approximate surface area is 159 Å². The summed E-state index contributed by atoms with van der Waals surface area (Å²) < 4.78 is 5.70. The van der Waals surface area contributed by atoms with Gasteiger partial charge in [-0.2, -0.15) is 0 Å². The number of carbonyl (C=O) groups excluding carboxylic acids is 1. The number of carbonyl (C=O) groups is 1. The normalized spacial score (nSPS) is 17.2. The maximum absolute atomic E-state index is 11.7. The van der Waals surface area contributed by atoms with Crippen LogP contribution in [0.2, 0.25) is 0 Å². The summed E-state index contributed by atoms with van der Waals surface area (Å²) in [6, 6.07) is 11.7. The number of aliphatic hydroxyl groups excluding tert-OH is 1. The van der Waals surface area contributed by atoms with Gasteiger partial charge in [0, 0.05) is 17.5 Å². The van der Waals surface area contributed by atoms with E-state index in [1.165, 1.54) is 37.5 Å². The molecule has 1 aromatic carbocycles. The van der Waals surface area contributed by atoms with Crippen LogP contribution in [0.25, 0.3) is 0 Å². The number of ether oxygens (including phenoxy) is 1. The SMILES string of the molecule is CC(=O)c1ccccc1OCC(O)CNC(c1cccs1)C1CCCC1. The van der Waals surface area contributed by atoms with Crippen molar-refractivity contribution in [1.82, 2.24) is 5.32 Å². The zero-order chi connectivity index (χ0) is 18.4. The lowest BCUT2D eigenvalue weighted by atomic mass is 9.96. The molecule has 1 aliphatic carbocycles. The fourth-order valence-electron chi connectivity index (χ4n) is 3.65. The van der Waals surface area contributed by atoms with Crippen LogP contribution < -0.4 is 10.1 Å². The maximum Gasteiger partial charge on any atom is 0.163 e. The standard InChI is InChI=1S/C21H27NO3S/c1-15(23)18-9-4-5-10-19(18)25-14-17(24)13-22-21(16-7-2-3-8-16)20-11-6-12-26-20/h4-6,9-12,16-17,21-22,24H,2-3,7-8,13-14H2,1H3. The van der Waals surface area contributed by atoms with Crippen molar-refractivity contribution in [2.45, 2.75) is 44.8 Å². The van der Waals surface area contributed by atoms with E-state index in [0.717, 1.165) is 0 Å². The summed E-state index contributed by atoms with van der Waals surface area (Å²) in [6.07, 6.45) is 4.45. The zero-order valence-corrected chi connectivity index (χ0v) is 16.0. The number of ketones is 1. The lowest BCUT2D eigenvalue weighted by Crippen LogP contribution is -2.36. The molecule has 1 saturated carbocycles. The summed E-state index contributed by atoms with van der Waals surface area (Å²) >= 11 is 1.77. The molecule has 3 rings (SSSR count). The zero-order valence-electron chi connectivity index (χ0n) is 15.2. The van der Waals surface area contributed by atoms with Crippen molar-refractivity contribution in [3.8, 4) is 5.75 Å². The third-order valence-electron chi connectivity index (χ3n) is 4.99. The molecule has 2 aromatic rings. The van der Waals surface area contributed by atoms with Gasteiger partial charge in [-0.05, 0) is 49.3 Å². The van der Waals surface area contributed by atoms with Crippen LogP contribution in [-0.2, 0) is 0 Å². The van der Waals surface area contributed by atoms with Gasteiger partial charge in [-0.1, -0.05) is 31.0 Å². The number of hydrogen-bond acceptors (Lipinski definition) is 5. The Morgan fingerprint density at radius 3 is 2.73 bits per heavy atom. The molecule has 0 amide bonds. The second kappa shape index (κ2) is 9.31. The Morgan fingerprint density at radius 1 is 1.27 bits per heavy atom. The van der Waals surface area contributed by atoms with Gasteiger partial charge < -0.3 is 15.2 Å². The average Bonchev–Trinajstić information content (AvgIpc) is 3.35. The number of hydrogen-bond donors (Lipinski definition) is 2. The average molecular weight is 374 g/mol. The molecule has 2 N–H and O–H groups in total. The summed E-state index contributed by atoms with van der Waals surface area (Å²) in [4.78, 5) is 13.0. The van der Waals surface area contributed by atoms with Gasteiger partial charge in [-0.3, -0.25) is 4.79 Å². The van der Waals surface area contributed by atoms with Crippen LogP contribution in [-0.4, -0.2) is 30.1 Å². The van der Waals surface area contributed by atoms with Gasteiger partial charge in [0.25, 0.3) is 0 Å². The lowest BCUT2D eigenvalue weighted by Gasteiger charge is -2.25. The van der Waals surface area contributed by atoms with Gasteiger partial charge in [-0.25, -0.2) is 0 Å². The predicted octanol–water partition coefficient (Wildman–Crippen LogP) is 4.21. The molecule has 2 unspecified atom stereocenters. The first-order valence-electron chi connectivity index (χ1n) is 9.32. The van der Waals surface area contributed by atoms with E-state index >= 15 is 0 Å². The topological polar surface area (TPSA) is 58.6 Å². The second-order valence-corrected chi connectivity index (χ2v) is 7.94. The summed E-state index contributed by atoms with van der Waals surface area (Å²) in [5.74, 6) is 1.14. The van der Waals surface area contributed by atoms with Crippen molar-refractivity contribution >= 4 is 17.1 Å². The first kappa shape index (κ1) is 19.1. The van der Waals surface area contributed by atoms with E-state index in [1.54, 1.807) is 23.5 Å². The number of thiophene rings is 1. The Hall–Kier alpha value is -1.69. The van der Waals surface area contributed by atoms with Gasteiger partial charge in [0.15, 0.2) is 5.78 Å². The Kier molecular flexibility index (Phi) is 6.83. The number of nitrogens with one attached hydrogen (secondary N) is 1. The molecule has 4 nitrogen and oxygen atoms in total. The molecule has 0 radical (unpaired) electrons. The van der Waals surface area contributed by atoms with Crippen LogP contribution in [0.15, 0.2) is 41.8 Å². The number of Topliss-reactive ketones (excluding diaryl/α,β-unsaturated/α-hetero) is 1. The largest absolute Gasteiger partial charge is 0.490 e. The quantitative estimate of drug-likeness (QED) is 0.647. The third kappa shape index (κ3) is 4.93. The van der Waals surface area contributed by atoms with Gasteiger partial charge in [0.2, 0.25) is 0 Å². The maximum atomic E-state index is 11.7. The molecule has 1 heterocycles. The molecular weight excluding hydrogens is 346 g/mol. The smallest absolute Gasteiger partial charge is 0.163 e. The lowest BCUT2D eigenvalue weighted by molar-refractivity contribution is 0.0953. The fourth-order valence-corrected chi connectivity index (χ4v) is 4.54. The van der Waals surface area contributed by atoms with Gasteiger partial charge in [-0.15, -0.1) is 11.3 Å². The van der Waals surface area contributed by atoms with E-state index in [0.29, 0.717) is 29.8 Å². The van der Waals surface area contributed by atoms with Crippen LogP contribution >= 0.6 is 11.3 Å². The van der Waals surface area contributed by atoms with E-state index in [9.17, 15) is 9.90 Å². The first-order valence-corrected chi connectivity index (χ1v) is 10.2. The van der Waals surface area contributed by atoms with Crippen LogP contribution in [0.4, 0.5) is 0 Å². The summed E-state index contributed by atoms with van der Waals surface area (Å²) in [5.41, 5.74) is 0.551. The molecule has 0 spiro atoms. The highest BCUT2D eigenvalue weighted by Crippen LogP contribution is 2.37. The summed E-state index contributed by atoms with van der Waals surface area (Å²) in [7, 11) is 0. The second-order valence-electron chi connectivity index (χ2n) is 6.96. The monoisotopic (exact) mass is 373 g/mol. The molecule has 2 atom stereocenters. The highest BCUT2D eigenvalue weighted by atomic mass is 32.1. The van der Waals surface area contributed by atoms with Crippen molar-refractivity contribution in [1.29, 1.82) is 0 Å². The van der Waals surface area contributed by atoms with Crippen molar-refractivity contribution < 1.29 is 14.6 Å². The third-order valence-corrected chi connectivity index (χ3v) is 5.95. The van der Waals surface area contributed by atoms with Crippen molar-refractivity contribution in [2.24, 2.45) is 5.92 Å². The molecule has 1 fully saturated rings. The summed E-state index contributed by atoms with van der Waals surface area (Å²) in [6.45, 7) is 2.16. The fraction of sp³-hybridized carbons (Fsp3) is 0.476. The van der Waals surface area contributed by atoms with Gasteiger partial charge >= 0.3 is 0 Å². The predicted molar refractivity (Wildman–Crippen MR) is 105 cm³/mol. The van der Waals surface area contributed by atoms with E-state index in [1.807, 2.05) is 12.1 Å². The molecule has 1 aliphatic rings. The number of aliphatic hydroxyl groups is 1. The van der Waals surface area contributed by atoms with Crippen molar-refractivity contribution in [3.05, 3.63) is 52.2 Å². The van der Waals surface area contributed by atoms with Crippen LogP contribution in [0.3, 0.4) is 0 Å². The van der Waals surface area contributed by atoms with Crippen LogP contribution in [0, 0.1) is 5.92 Å². The Balaban J connectivity index is 1.54. The minimum Gasteiger partial charge on any atom is -0.490 e. The highest BCUT2D eigenvalue weighted by Gasteiger charge is 2.27. The van der Waals surface area contributed by atoms with Crippen LogP contribution in [0.1, 0.15) is 53.9 Å². The molecule has 140 valence electrons. The highest BCUT2D eigenvalue weighted by molar-refractivity contribution is 7.10. The first-order chi connectivity index (χ1) is 12.6. The molecule has 26 heavy (non-hydrogen) atoms. The number of para-hydroxylation sites is 1. The van der Waals surface area contributed by atoms with E-state index in [-0.39, 0.29) is 12.4 Å². The van der Waals surface area contributed by atoms with E-state index in [4.69, 9.17) is 4.74 Å². The molecule has 0 bridgehead atoms. The van der Waals surface area contributed by atoms with Crippen LogP contribution in [0.5, 0.6) is 5.75 Å². The van der Waals surface area contributed by atoms with Gasteiger partial charge in [0.05, 0.1) is 5.56 Å². The van der Waals surface area contributed by atoms with E-state index < -0.39 is 6.10 Å². The molecular formula is C21H27NO3S. The molecule has 0 aliphatic heterocycles. The Morgan fingerprint density at radius 2 is 2.04 bits per heavy atom. The van der Waals surface area contributed by atoms with E-state index in [2.05, 4.69) is 22.8 Å². The van der Waals surface area contributed by atoms with Crippen molar-refractivity contribution in [3.63, 3.8) is 0 Å². The molecule has 5 heteroatoms. The molecule has 0 saturated heterocycles. The summed E-state index contributed by atoms with van der Waals surface area (Å²) in [5, 5.41) is 16.0. The van der Waals surface area contributed by atoms with Crippen molar-refractivity contribution in [2.75, 3.05) is 13.2 Å². The van der Waals surface area contributed by atoms with Gasteiger partial charge in [0.1, 0.15) is 18.5 Å².